The molecule has 0 N–H and O–H groups in total. The van der Waals surface area contributed by atoms with E-state index in [1.165, 1.54) is 12.1 Å². The summed E-state index contributed by atoms with van der Waals surface area (Å²) < 4.78 is 16.1. The van der Waals surface area contributed by atoms with Crippen LogP contribution < -0.4 is 10.3 Å². The van der Waals surface area contributed by atoms with Crippen molar-refractivity contribution in [2.75, 3.05) is 38.1 Å². The van der Waals surface area contributed by atoms with Gasteiger partial charge in [0, 0.05) is 50.0 Å². The van der Waals surface area contributed by atoms with E-state index in [2.05, 4.69) is 18.5 Å². The van der Waals surface area contributed by atoms with Crippen molar-refractivity contribution in [2.24, 2.45) is 0 Å². The Morgan fingerprint density at radius 3 is 2.62 bits per heavy atom. The Hall–Kier alpha value is -2.14. The summed E-state index contributed by atoms with van der Waals surface area (Å²) in [6.07, 6.45) is 3.27. The molecule has 0 radical (unpaired) electrons. The fraction of sp³-hybridized carbons (Fsp3) is 0.312. The predicted octanol–water partition coefficient (Wildman–Crippen LogP) is 1.99. The number of anilines is 1. The SMILES string of the molecule is C=Cn1ccc(=O)c2cc(F)c(N3CCN(C)CC3)cc21. The van der Waals surface area contributed by atoms with Crippen molar-refractivity contribution < 1.29 is 4.39 Å². The van der Waals surface area contributed by atoms with Gasteiger partial charge in [0.2, 0.25) is 0 Å². The molecular formula is C16H18FN3O. The van der Waals surface area contributed by atoms with E-state index in [0.717, 1.165) is 26.2 Å². The monoisotopic (exact) mass is 287 g/mol. The summed E-state index contributed by atoms with van der Waals surface area (Å²) in [4.78, 5) is 16.1. The number of nitrogens with zero attached hydrogens (tertiary/aromatic N) is 3. The molecule has 0 aliphatic carbocycles. The molecule has 0 unspecified atom stereocenters. The number of hydrogen-bond acceptors (Lipinski definition) is 3. The maximum atomic E-state index is 14.4. The van der Waals surface area contributed by atoms with Gasteiger partial charge in [-0.05, 0) is 19.2 Å². The molecule has 3 rings (SSSR count). The molecule has 1 saturated heterocycles. The minimum absolute atomic E-state index is 0.174. The largest absolute Gasteiger partial charge is 0.367 e. The van der Waals surface area contributed by atoms with Gasteiger partial charge in [0.25, 0.3) is 0 Å². The molecule has 4 nitrogen and oxygen atoms in total. The molecule has 1 fully saturated rings. The average Bonchev–Trinajstić information content (AvgIpc) is 2.49. The fourth-order valence-corrected chi connectivity index (χ4v) is 2.73. The van der Waals surface area contributed by atoms with Crippen LogP contribution in [0.1, 0.15) is 0 Å². The standard InChI is InChI=1S/C16H18FN3O/c1-3-19-5-4-16(21)12-10-13(17)15(11-14(12)19)20-8-6-18(2)7-9-20/h3-5,10-11H,1,6-9H2,2H3. The zero-order chi connectivity index (χ0) is 15.0. The van der Waals surface area contributed by atoms with E-state index >= 15 is 0 Å². The summed E-state index contributed by atoms with van der Waals surface area (Å²) in [6, 6.07) is 4.52. The zero-order valence-electron chi connectivity index (χ0n) is 12.1. The van der Waals surface area contributed by atoms with Crippen molar-refractivity contribution in [1.82, 2.24) is 9.47 Å². The van der Waals surface area contributed by atoms with Crippen LogP contribution in [0.15, 0.2) is 35.8 Å². The molecule has 0 atom stereocenters. The second-order valence-corrected chi connectivity index (χ2v) is 5.38. The Bertz CT molecular complexity index is 745. The van der Waals surface area contributed by atoms with Gasteiger partial charge in [-0.15, -0.1) is 0 Å². The van der Waals surface area contributed by atoms with Crippen LogP contribution in [0.5, 0.6) is 0 Å². The lowest BCUT2D eigenvalue weighted by Gasteiger charge is -2.34. The van der Waals surface area contributed by atoms with Crippen molar-refractivity contribution >= 4 is 22.8 Å². The molecule has 1 aliphatic rings. The van der Waals surface area contributed by atoms with Crippen molar-refractivity contribution in [2.45, 2.75) is 0 Å². The molecule has 2 heterocycles. The van der Waals surface area contributed by atoms with Gasteiger partial charge >= 0.3 is 0 Å². The summed E-state index contributed by atoms with van der Waals surface area (Å²) in [5, 5.41) is 0.382. The van der Waals surface area contributed by atoms with Gasteiger partial charge in [-0.2, -0.15) is 0 Å². The molecule has 1 aromatic carbocycles. The molecule has 2 aromatic rings. The van der Waals surface area contributed by atoms with Crippen LogP contribution in [0.25, 0.3) is 17.1 Å². The number of aromatic nitrogens is 1. The quantitative estimate of drug-likeness (QED) is 0.846. The highest BCUT2D eigenvalue weighted by Crippen LogP contribution is 2.25. The van der Waals surface area contributed by atoms with E-state index in [1.54, 1.807) is 23.0 Å². The lowest BCUT2D eigenvalue weighted by molar-refractivity contribution is 0.312. The van der Waals surface area contributed by atoms with Crippen molar-refractivity contribution in [3.05, 3.63) is 47.0 Å². The Balaban J connectivity index is 2.14. The molecule has 1 aliphatic heterocycles. The normalized spacial score (nSPS) is 16.4. The number of hydrogen-bond donors (Lipinski definition) is 0. The van der Waals surface area contributed by atoms with Crippen LogP contribution in [0.2, 0.25) is 0 Å². The highest BCUT2D eigenvalue weighted by atomic mass is 19.1. The number of benzene rings is 1. The Labute approximate surface area is 122 Å². The van der Waals surface area contributed by atoms with Crippen LogP contribution in [0.4, 0.5) is 10.1 Å². The number of rotatable bonds is 2. The van der Waals surface area contributed by atoms with Gasteiger partial charge in [-0.3, -0.25) is 4.79 Å². The summed E-state index contributed by atoms with van der Waals surface area (Å²) in [7, 11) is 2.06. The van der Waals surface area contributed by atoms with Gasteiger partial charge in [0.15, 0.2) is 5.43 Å². The molecule has 0 bridgehead atoms. The molecule has 0 saturated carbocycles. The van der Waals surface area contributed by atoms with Crippen LogP contribution >= 0.6 is 0 Å². The highest BCUT2D eigenvalue weighted by Gasteiger charge is 2.18. The lowest BCUT2D eigenvalue weighted by atomic mass is 10.1. The van der Waals surface area contributed by atoms with Crippen LogP contribution in [-0.2, 0) is 0 Å². The van der Waals surface area contributed by atoms with Gasteiger partial charge in [0.1, 0.15) is 5.82 Å². The molecule has 1 aromatic heterocycles. The summed E-state index contributed by atoms with van der Waals surface area (Å²) in [5.41, 5.74) is 1.07. The second-order valence-electron chi connectivity index (χ2n) is 5.38. The molecule has 5 heteroatoms. The first-order valence-corrected chi connectivity index (χ1v) is 7.00. The Morgan fingerprint density at radius 2 is 1.95 bits per heavy atom. The van der Waals surface area contributed by atoms with Gasteiger partial charge in [-0.25, -0.2) is 4.39 Å². The smallest absolute Gasteiger partial charge is 0.189 e. The van der Waals surface area contributed by atoms with Crippen LogP contribution in [0, 0.1) is 5.82 Å². The van der Waals surface area contributed by atoms with Crippen LogP contribution in [0.3, 0.4) is 0 Å². The predicted molar refractivity (Wildman–Crippen MR) is 84.3 cm³/mol. The van der Waals surface area contributed by atoms with E-state index < -0.39 is 0 Å². The number of likely N-dealkylation sites (N-methyl/N-ethyl adjacent to an activating group) is 1. The zero-order valence-corrected chi connectivity index (χ0v) is 12.1. The average molecular weight is 287 g/mol. The maximum absolute atomic E-state index is 14.4. The number of pyridine rings is 1. The summed E-state index contributed by atoms with van der Waals surface area (Å²) in [6.45, 7) is 7.10. The third-order valence-electron chi connectivity index (χ3n) is 4.04. The van der Waals surface area contributed by atoms with Crippen molar-refractivity contribution in [3.63, 3.8) is 0 Å². The minimum atomic E-state index is -0.342. The first kappa shape index (κ1) is 13.8. The van der Waals surface area contributed by atoms with E-state index in [-0.39, 0.29) is 11.2 Å². The Kier molecular flexibility index (Phi) is 3.51. The highest BCUT2D eigenvalue weighted by molar-refractivity contribution is 5.84. The van der Waals surface area contributed by atoms with E-state index in [9.17, 15) is 9.18 Å². The lowest BCUT2D eigenvalue weighted by Crippen LogP contribution is -2.44. The van der Waals surface area contributed by atoms with Crippen molar-refractivity contribution in [3.8, 4) is 0 Å². The molecular weight excluding hydrogens is 269 g/mol. The first-order chi connectivity index (χ1) is 10.1. The maximum Gasteiger partial charge on any atom is 0.189 e. The summed E-state index contributed by atoms with van der Waals surface area (Å²) >= 11 is 0. The molecule has 110 valence electrons. The summed E-state index contributed by atoms with van der Waals surface area (Å²) in [5.74, 6) is -0.342. The number of fused-ring (bicyclic) bond motifs is 1. The number of piperazine rings is 1. The van der Waals surface area contributed by atoms with Gasteiger partial charge < -0.3 is 14.4 Å². The number of halogens is 1. The van der Waals surface area contributed by atoms with Crippen molar-refractivity contribution in [1.29, 1.82) is 0 Å². The second kappa shape index (κ2) is 5.33. The fourth-order valence-electron chi connectivity index (χ4n) is 2.73. The molecule has 0 spiro atoms. The van der Waals surface area contributed by atoms with Gasteiger partial charge in [0.05, 0.1) is 11.2 Å². The van der Waals surface area contributed by atoms with Crippen LogP contribution in [-0.4, -0.2) is 42.7 Å². The van der Waals surface area contributed by atoms with E-state index in [4.69, 9.17) is 0 Å². The third kappa shape index (κ3) is 2.45. The topological polar surface area (TPSA) is 28.5 Å². The molecule has 0 amide bonds. The Morgan fingerprint density at radius 1 is 1.24 bits per heavy atom. The molecule has 21 heavy (non-hydrogen) atoms. The van der Waals surface area contributed by atoms with Gasteiger partial charge in [-0.1, -0.05) is 6.58 Å². The van der Waals surface area contributed by atoms with E-state index in [1.807, 2.05) is 4.90 Å². The first-order valence-electron chi connectivity index (χ1n) is 7.00. The third-order valence-corrected chi connectivity index (χ3v) is 4.04. The minimum Gasteiger partial charge on any atom is -0.367 e. The van der Waals surface area contributed by atoms with E-state index in [0.29, 0.717) is 16.6 Å².